The Morgan fingerprint density at radius 1 is 1.25 bits per heavy atom. The number of halogens is 1. The zero-order valence-electron chi connectivity index (χ0n) is 19.1. The van der Waals surface area contributed by atoms with Crippen LogP contribution in [0.5, 0.6) is 5.75 Å². The van der Waals surface area contributed by atoms with Gasteiger partial charge in [-0.05, 0) is 74.9 Å². The first-order valence-electron chi connectivity index (χ1n) is 11.1. The molecule has 0 fully saturated rings. The molecule has 0 aliphatic carbocycles. The van der Waals surface area contributed by atoms with Crippen molar-refractivity contribution < 1.29 is 14.3 Å². The molecule has 2 atom stereocenters. The van der Waals surface area contributed by atoms with Crippen LogP contribution in [-0.2, 0) is 11.2 Å². The highest BCUT2D eigenvalue weighted by molar-refractivity contribution is 7.10. The maximum Gasteiger partial charge on any atom is 0.318 e. The van der Waals surface area contributed by atoms with Crippen LogP contribution in [-0.4, -0.2) is 53.5 Å². The number of carbonyl (C=O) groups excluding carboxylic acids is 2. The Morgan fingerprint density at radius 3 is 2.62 bits per heavy atom. The normalized spacial score (nSPS) is 16.4. The van der Waals surface area contributed by atoms with E-state index in [0.29, 0.717) is 23.9 Å². The predicted octanol–water partition coefficient (Wildman–Crippen LogP) is 5.12. The summed E-state index contributed by atoms with van der Waals surface area (Å²) in [5, 5.41) is 5.64. The van der Waals surface area contributed by atoms with Gasteiger partial charge in [-0.1, -0.05) is 18.5 Å². The van der Waals surface area contributed by atoms with Gasteiger partial charge in [0.25, 0.3) is 0 Å². The molecular weight excluding hydrogens is 446 g/mol. The minimum atomic E-state index is -0.204. The van der Waals surface area contributed by atoms with Crippen LogP contribution in [0, 0.1) is 0 Å². The molecule has 1 aliphatic heterocycles. The van der Waals surface area contributed by atoms with Crippen molar-refractivity contribution in [3.63, 3.8) is 0 Å². The molecule has 1 aliphatic rings. The van der Waals surface area contributed by atoms with Gasteiger partial charge in [-0.2, -0.15) is 0 Å². The number of benzene rings is 1. The second-order valence-corrected chi connectivity index (χ2v) is 9.84. The second kappa shape index (κ2) is 11.1. The van der Waals surface area contributed by atoms with Crippen LogP contribution >= 0.6 is 22.9 Å². The van der Waals surface area contributed by atoms with E-state index in [0.717, 1.165) is 18.4 Å². The van der Waals surface area contributed by atoms with Crippen molar-refractivity contribution >= 4 is 34.9 Å². The minimum absolute atomic E-state index is 0.00744. The molecule has 3 amide bonds. The van der Waals surface area contributed by atoms with Crippen LogP contribution < -0.4 is 10.1 Å². The van der Waals surface area contributed by atoms with Gasteiger partial charge in [0, 0.05) is 28.5 Å². The number of nitrogens with zero attached hydrogens (tertiary/aromatic N) is 2. The van der Waals surface area contributed by atoms with Crippen LogP contribution in [0.1, 0.15) is 50.6 Å². The van der Waals surface area contributed by atoms with E-state index in [4.69, 9.17) is 16.3 Å². The number of hydrogen-bond donors (Lipinski definition) is 1. The van der Waals surface area contributed by atoms with E-state index in [1.165, 1.54) is 4.88 Å². The van der Waals surface area contributed by atoms with E-state index in [9.17, 15) is 9.59 Å². The van der Waals surface area contributed by atoms with Crippen LogP contribution in [0.25, 0.3) is 0 Å². The molecule has 6 nitrogen and oxygen atoms in total. The molecule has 32 heavy (non-hydrogen) atoms. The number of urea groups is 1. The van der Waals surface area contributed by atoms with Crippen LogP contribution in [0.4, 0.5) is 4.79 Å². The molecule has 0 bridgehead atoms. The Morgan fingerprint density at radius 2 is 1.97 bits per heavy atom. The molecule has 0 radical (unpaired) electrons. The van der Waals surface area contributed by atoms with E-state index in [1.807, 2.05) is 44.7 Å². The number of amides is 3. The van der Waals surface area contributed by atoms with Crippen LogP contribution in [0.3, 0.4) is 0 Å². The summed E-state index contributed by atoms with van der Waals surface area (Å²) in [5.41, 5.74) is 1.13. The van der Waals surface area contributed by atoms with Gasteiger partial charge in [-0.3, -0.25) is 4.79 Å². The van der Waals surface area contributed by atoms with Crippen LogP contribution in [0.2, 0.25) is 5.02 Å². The van der Waals surface area contributed by atoms with Gasteiger partial charge in [-0.25, -0.2) is 4.79 Å². The minimum Gasteiger partial charge on any atom is -0.491 e. The summed E-state index contributed by atoms with van der Waals surface area (Å²) < 4.78 is 6.04. The number of fused-ring (bicyclic) bond motifs is 1. The molecule has 1 N–H and O–H groups in total. The van der Waals surface area contributed by atoms with Crippen molar-refractivity contribution in [3.05, 3.63) is 51.2 Å². The maximum absolute atomic E-state index is 13.5. The lowest BCUT2D eigenvalue weighted by Crippen LogP contribution is -2.53. The summed E-state index contributed by atoms with van der Waals surface area (Å²) in [6.07, 6.45) is 1.59. The van der Waals surface area contributed by atoms with Crippen molar-refractivity contribution in [1.82, 2.24) is 15.1 Å². The lowest BCUT2D eigenvalue weighted by molar-refractivity contribution is -0.136. The summed E-state index contributed by atoms with van der Waals surface area (Å²) in [4.78, 5) is 31.0. The molecule has 8 heteroatoms. The third-order valence-corrected chi connectivity index (χ3v) is 6.99. The number of ether oxygens (including phenoxy) is 1. The largest absolute Gasteiger partial charge is 0.491 e. The van der Waals surface area contributed by atoms with E-state index in [2.05, 4.69) is 16.8 Å². The number of hydrogen-bond acceptors (Lipinski definition) is 4. The molecule has 2 heterocycles. The second-order valence-electron chi connectivity index (χ2n) is 8.41. The topological polar surface area (TPSA) is 61.9 Å². The smallest absolute Gasteiger partial charge is 0.318 e. The molecule has 0 spiro atoms. The Balaban J connectivity index is 1.77. The molecule has 1 aromatic heterocycles. The van der Waals surface area contributed by atoms with Crippen molar-refractivity contribution in [2.45, 2.75) is 58.7 Å². The van der Waals surface area contributed by atoms with Gasteiger partial charge >= 0.3 is 6.03 Å². The molecule has 0 saturated heterocycles. The number of thiophene rings is 1. The van der Waals surface area contributed by atoms with Gasteiger partial charge < -0.3 is 19.9 Å². The lowest BCUT2D eigenvalue weighted by atomic mass is 10.00. The van der Waals surface area contributed by atoms with E-state index < -0.39 is 0 Å². The first-order valence-corrected chi connectivity index (χ1v) is 12.4. The van der Waals surface area contributed by atoms with E-state index in [-0.39, 0.29) is 36.6 Å². The predicted molar refractivity (Wildman–Crippen MR) is 130 cm³/mol. The molecule has 2 unspecified atom stereocenters. The molecule has 174 valence electrons. The summed E-state index contributed by atoms with van der Waals surface area (Å²) in [7, 11) is 0. The highest BCUT2D eigenvalue weighted by Gasteiger charge is 2.34. The van der Waals surface area contributed by atoms with Crippen molar-refractivity contribution in [2.75, 3.05) is 19.7 Å². The first-order chi connectivity index (χ1) is 15.3. The number of nitrogens with one attached hydrogen (secondary N) is 1. The maximum atomic E-state index is 13.5. The third kappa shape index (κ3) is 5.95. The van der Waals surface area contributed by atoms with Crippen molar-refractivity contribution in [3.8, 4) is 5.75 Å². The van der Waals surface area contributed by atoms with Gasteiger partial charge in [0.15, 0.2) is 0 Å². The fraction of sp³-hybridized carbons (Fsp3) is 0.500. The highest BCUT2D eigenvalue weighted by Crippen LogP contribution is 2.34. The number of rotatable bonds is 8. The molecular formula is C24H32ClN3O3S. The number of carbonyl (C=O) groups is 2. The monoisotopic (exact) mass is 477 g/mol. The molecule has 2 aromatic rings. The van der Waals surface area contributed by atoms with E-state index in [1.54, 1.807) is 28.4 Å². The standard InChI is InChI=1S/C24H32ClN3O3S/c1-5-17(4)28(24(30)26-16(2)3)14-23(29)27-12-10-22-20(11-13-32-22)21(27)15-31-19-8-6-18(25)7-9-19/h6-9,11,13,16-17,21H,5,10,12,14-15H2,1-4H3,(H,26,30). The van der Waals surface area contributed by atoms with Gasteiger partial charge in [0.2, 0.25) is 5.91 Å². The summed E-state index contributed by atoms with van der Waals surface area (Å²) in [6, 6.07) is 8.87. The molecule has 0 saturated carbocycles. The Kier molecular flexibility index (Phi) is 8.43. The average Bonchev–Trinajstić information content (AvgIpc) is 3.24. The van der Waals surface area contributed by atoms with Gasteiger partial charge in [-0.15, -0.1) is 11.3 Å². The van der Waals surface area contributed by atoms with Gasteiger partial charge in [0.05, 0.1) is 6.04 Å². The highest BCUT2D eigenvalue weighted by atomic mass is 35.5. The van der Waals surface area contributed by atoms with Crippen molar-refractivity contribution in [1.29, 1.82) is 0 Å². The average molecular weight is 478 g/mol. The fourth-order valence-corrected chi connectivity index (χ4v) is 4.85. The Bertz CT molecular complexity index is 915. The lowest BCUT2D eigenvalue weighted by Gasteiger charge is -2.38. The van der Waals surface area contributed by atoms with Crippen LogP contribution in [0.15, 0.2) is 35.7 Å². The summed E-state index contributed by atoms with van der Waals surface area (Å²) in [6.45, 7) is 8.83. The third-order valence-electron chi connectivity index (χ3n) is 5.74. The molecule has 3 rings (SSSR count). The SMILES string of the molecule is CCC(C)N(CC(=O)N1CCc2sccc2C1COc1ccc(Cl)cc1)C(=O)NC(C)C. The van der Waals surface area contributed by atoms with E-state index >= 15 is 0 Å². The molecule has 1 aromatic carbocycles. The Hall–Kier alpha value is -2.25. The Labute approximate surface area is 199 Å². The quantitative estimate of drug-likeness (QED) is 0.573. The van der Waals surface area contributed by atoms with Gasteiger partial charge in [0.1, 0.15) is 18.9 Å². The zero-order chi connectivity index (χ0) is 23.3. The fourth-order valence-electron chi connectivity index (χ4n) is 3.80. The summed E-state index contributed by atoms with van der Waals surface area (Å²) in [5.74, 6) is 0.646. The van der Waals surface area contributed by atoms with Crippen molar-refractivity contribution in [2.24, 2.45) is 0 Å². The zero-order valence-corrected chi connectivity index (χ0v) is 20.7. The summed E-state index contributed by atoms with van der Waals surface area (Å²) >= 11 is 7.69. The first kappa shape index (κ1) is 24.4.